The molecule has 0 aromatic carbocycles. The SMILES string of the molecule is CCN1CCCC1CNC(=O)c1cccnc1OCC(F)(F)F. The first kappa shape index (κ1) is 17.5. The van der Waals surface area contributed by atoms with E-state index >= 15 is 0 Å². The van der Waals surface area contributed by atoms with Gasteiger partial charge in [-0.05, 0) is 38.1 Å². The molecule has 0 saturated carbocycles. The molecule has 1 unspecified atom stereocenters. The molecule has 1 fully saturated rings. The van der Waals surface area contributed by atoms with Gasteiger partial charge in [0.15, 0.2) is 6.61 Å². The lowest BCUT2D eigenvalue weighted by Gasteiger charge is -2.23. The van der Waals surface area contributed by atoms with E-state index in [9.17, 15) is 18.0 Å². The number of aromatic nitrogens is 1. The van der Waals surface area contributed by atoms with E-state index < -0.39 is 18.7 Å². The van der Waals surface area contributed by atoms with E-state index in [4.69, 9.17) is 0 Å². The van der Waals surface area contributed by atoms with Crippen molar-refractivity contribution in [3.8, 4) is 5.88 Å². The Hall–Kier alpha value is -1.83. The number of alkyl halides is 3. The molecule has 2 rings (SSSR count). The molecule has 23 heavy (non-hydrogen) atoms. The number of likely N-dealkylation sites (N-methyl/N-ethyl adjacent to an activating group) is 1. The summed E-state index contributed by atoms with van der Waals surface area (Å²) in [7, 11) is 0. The van der Waals surface area contributed by atoms with E-state index in [-0.39, 0.29) is 17.5 Å². The minimum absolute atomic E-state index is 0.0118. The fraction of sp³-hybridized carbons (Fsp3) is 0.600. The zero-order valence-corrected chi connectivity index (χ0v) is 12.9. The van der Waals surface area contributed by atoms with Crippen LogP contribution in [0.4, 0.5) is 13.2 Å². The van der Waals surface area contributed by atoms with E-state index in [0.717, 1.165) is 25.9 Å². The zero-order valence-electron chi connectivity index (χ0n) is 12.9. The average Bonchev–Trinajstić information content (AvgIpc) is 2.97. The number of hydrogen-bond acceptors (Lipinski definition) is 4. The second kappa shape index (κ2) is 7.63. The summed E-state index contributed by atoms with van der Waals surface area (Å²) in [4.78, 5) is 18.2. The van der Waals surface area contributed by atoms with Gasteiger partial charge in [0.05, 0.1) is 0 Å². The van der Waals surface area contributed by atoms with Gasteiger partial charge >= 0.3 is 6.18 Å². The fourth-order valence-corrected chi connectivity index (χ4v) is 2.68. The molecule has 1 aromatic heterocycles. The Morgan fingerprint density at radius 1 is 1.52 bits per heavy atom. The lowest BCUT2D eigenvalue weighted by molar-refractivity contribution is -0.154. The van der Waals surface area contributed by atoms with Gasteiger partial charge in [0.25, 0.3) is 5.91 Å². The van der Waals surface area contributed by atoms with Gasteiger partial charge < -0.3 is 10.1 Å². The molecule has 0 radical (unpaired) electrons. The number of carbonyl (C=O) groups is 1. The Bertz CT molecular complexity index is 537. The molecule has 1 aliphatic rings. The highest BCUT2D eigenvalue weighted by molar-refractivity contribution is 5.96. The van der Waals surface area contributed by atoms with Crippen molar-refractivity contribution in [3.05, 3.63) is 23.9 Å². The maximum atomic E-state index is 12.2. The van der Waals surface area contributed by atoms with Crippen LogP contribution in [0.25, 0.3) is 0 Å². The predicted molar refractivity (Wildman–Crippen MR) is 78.4 cm³/mol. The lowest BCUT2D eigenvalue weighted by Crippen LogP contribution is -2.40. The molecule has 8 heteroatoms. The van der Waals surface area contributed by atoms with Crippen LogP contribution in [0.3, 0.4) is 0 Å². The molecular formula is C15H20F3N3O2. The van der Waals surface area contributed by atoms with Crippen LogP contribution in [-0.2, 0) is 0 Å². The summed E-state index contributed by atoms with van der Waals surface area (Å²) in [5, 5.41) is 2.76. The molecule has 128 valence electrons. The fourth-order valence-electron chi connectivity index (χ4n) is 2.68. The van der Waals surface area contributed by atoms with Crippen LogP contribution in [-0.4, -0.2) is 54.3 Å². The number of carbonyl (C=O) groups excluding carboxylic acids is 1. The van der Waals surface area contributed by atoms with Gasteiger partial charge in [-0.3, -0.25) is 9.69 Å². The van der Waals surface area contributed by atoms with Crippen LogP contribution in [0.1, 0.15) is 30.1 Å². The van der Waals surface area contributed by atoms with Gasteiger partial charge in [-0.25, -0.2) is 4.98 Å². The molecule has 0 spiro atoms. The molecular weight excluding hydrogens is 311 g/mol. The average molecular weight is 331 g/mol. The van der Waals surface area contributed by atoms with Crippen LogP contribution >= 0.6 is 0 Å². The second-order valence-corrected chi connectivity index (χ2v) is 5.39. The molecule has 1 amide bonds. The number of pyridine rings is 1. The molecule has 0 aliphatic carbocycles. The lowest BCUT2D eigenvalue weighted by atomic mass is 10.2. The normalized spacial score (nSPS) is 18.9. The first-order valence-electron chi connectivity index (χ1n) is 7.57. The van der Waals surface area contributed by atoms with Crippen molar-refractivity contribution >= 4 is 5.91 Å². The smallest absolute Gasteiger partial charge is 0.422 e. The standard InChI is InChI=1S/C15H20F3N3O2/c1-2-21-8-4-5-11(21)9-20-13(22)12-6-3-7-19-14(12)23-10-15(16,17)18/h3,6-7,11H,2,4-5,8-10H2,1H3,(H,20,22). The van der Waals surface area contributed by atoms with E-state index in [2.05, 4.69) is 26.9 Å². The van der Waals surface area contributed by atoms with Crippen molar-refractivity contribution in [3.63, 3.8) is 0 Å². The summed E-state index contributed by atoms with van der Waals surface area (Å²) in [6, 6.07) is 3.16. The van der Waals surface area contributed by atoms with Gasteiger partial charge in [0.1, 0.15) is 5.56 Å². The quantitative estimate of drug-likeness (QED) is 0.869. The zero-order chi connectivity index (χ0) is 16.9. The number of nitrogens with zero attached hydrogens (tertiary/aromatic N) is 2. The van der Waals surface area contributed by atoms with Gasteiger partial charge in [0, 0.05) is 18.8 Å². The largest absolute Gasteiger partial charge is 0.467 e. The number of nitrogens with one attached hydrogen (secondary N) is 1. The number of hydrogen-bond donors (Lipinski definition) is 1. The van der Waals surface area contributed by atoms with Gasteiger partial charge in [-0.1, -0.05) is 6.92 Å². The highest BCUT2D eigenvalue weighted by Gasteiger charge is 2.30. The first-order valence-corrected chi connectivity index (χ1v) is 7.57. The molecule has 1 aromatic rings. The summed E-state index contributed by atoms with van der Waals surface area (Å²) in [5.74, 6) is -0.778. The summed E-state index contributed by atoms with van der Waals surface area (Å²) in [6.45, 7) is 2.96. The second-order valence-electron chi connectivity index (χ2n) is 5.39. The minimum atomic E-state index is -4.48. The number of likely N-dealkylation sites (tertiary alicyclic amines) is 1. The van der Waals surface area contributed by atoms with E-state index in [0.29, 0.717) is 6.54 Å². The predicted octanol–water partition coefficient (Wildman–Crippen LogP) is 2.24. The Balaban J connectivity index is 1.96. The summed E-state index contributed by atoms with van der Waals surface area (Å²) in [5.41, 5.74) is 0.0118. The molecule has 1 aliphatic heterocycles. The minimum Gasteiger partial charge on any atom is -0.467 e. The maximum absolute atomic E-state index is 12.2. The summed E-state index contributed by atoms with van der Waals surface area (Å²) >= 11 is 0. The van der Waals surface area contributed by atoms with Crippen molar-refractivity contribution in [1.82, 2.24) is 15.2 Å². The Kier molecular flexibility index (Phi) is 5.81. The number of rotatable bonds is 6. The Morgan fingerprint density at radius 3 is 3.00 bits per heavy atom. The van der Waals surface area contributed by atoms with Crippen LogP contribution in [0.15, 0.2) is 18.3 Å². The number of halogens is 3. The van der Waals surface area contributed by atoms with Crippen molar-refractivity contribution in [1.29, 1.82) is 0 Å². The van der Waals surface area contributed by atoms with Crippen molar-refractivity contribution < 1.29 is 22.7 Å². The van der Waals surface area contributed by atoms with Crippen molar-refractivity contribution in [2.24, 2.45) is 0 Å². The van der Waals surface area contributed by atoms with E-state index in [1.807, 2.05) is 0 Å². The Labute approximate surface area is 132 Å². The molecule has 1 atom stereocenters. The van der Waals surface area contributed by atoms with Gasteiger partial charge in [0.2, 0.25) is 5.88 Å². The molecule has 0 bridgehead atoms. The monoisotopic (exact) mass is 331 g/mol. The van der Waals surface area contributed by atoms with Crippen LogP contribution in [0, 0.1) is 0 Å². The highest BCUT2D eigenvalue weighted by atomic mass is 19.4. The Morgan fingerprint density at radius 2 is 2.30 bits per heavy atom. The number of amides is 1. The topological polar surface area (TPSA) is 54.5 Å². The molecule has 5 nitrogen and oxygen atoms in total. The molecule has 1 saturated heterocycles. The van der Waals surface area contributed by atoms with E-state index in [1.54, 1.807) is 0 Å². The van der Waals surface area contributed by atoms with Crippen LogP contribution in [0.2, 0.25) is 0 Å². The maximum Gasteiger partial charge on any atom is 0.422 e. The summed E-state index contributed by atoms with van der Waals surface area (Å²) < 4.78 is 41.4. The van der Waals surface area contributed by atoms with E-state index in [1.165, 1.54) is 18.3 Å². The van der Waals surface area contributed by atoms with Crippen LogP contribution < -0.4 is 10.1 Å². The molecule has 2 heterocycles. The van der Waals surface area contributed by atoms with Gasteiger partial charge in [-0.15, -0.1) is 0 Å². The van der Waals surface area contributed by atoms with Crippen molar-refractivity contribution in [2.75, 3.05) is 26.2 Å². The third-order valence-electron chi connectivity index (χ3n) is 3.79. The number of ether oxygens (including phenoxy) is 1. The first-order chi connectivity index (χ1) is 10.9. The van der Waals surface area contributed by atoms with Gasteiger partial charge in [-0.2, -0.15) is 13.2 Å². The van der Waals surface area contributed by atoms with Crippen LogP contribution in [0.5, 0.6) is 5.88 Å². The third-order valence-corrected chi connectivity index (χ3v) is 3.79. The third kappa shape index (κ3) is 5.09. The van der Waals surface area contributed by atoms with Crippen molar-refractivity contribution in [2.45, 2.75) is 32.0 Å². The summed E-state index contributed by atoms with van der Waals surface area (Å²) in [6.07, 6.45) is -1.10. The highest BCUT2D eigenvalue weighted by Crippen LogP contribution is 2.20. The molecule has 1 N–H and O–H groups in total.